The highest BCUT2D eigenvalue weighted by Crippen LogP contribution is 2.41. The lowest BCUT2D eigenvalue weighted by Gasteiger charge is -1.99. The third-order valence-corrected chi connectivity index (χ3v) is 3.85. The Balaban J connectivity index is 1.97. The van der Waals surface area contributed by atoms with E-state index in [0.717, 1.165) is 10.6 Å². The van der Waals surface area contributed by atoms with E-state index in [1.54, 1.807) is 24.3 Å². The molecule has 3 rings (SSSR count). The molecule has 0 spiro atoms. The molecule has 1 aliphatic rings. The Kier molecular flexibility index (Phi) is 2.28. The van der Waals surface area contributed by atoms with E-state index >= 15 is 0 Å². The smallest absolute Gasteiger partial charge is 0.126 e. The molecule has 1 heterocycles. The molecule has 1 fully saturated rings. The lowest BCUT2D eigenvalue weighted by molar-refractivity contribution is 0.619. The van der Waals surface area contributed by atoms with Gasteiger partial charge in [-0.2, -0.15) is 0 Å². The van der Waals surface area contributed by atoms with Crippen molar-refractivity contribution >= 4 is 11.3 Å². The maximum atomic E-state index is 13.4. The van der Waals surface area contributed by atoms with Crippen molar-refractivity contribution in [2.45, 2.75) is 25.7 Å². The number of aromatic nitrogens is 1. The fraction of sp³-hybridized carbons (Fsp3) is 0.308. The van der Waals surface area contributed by atoms with Gasteiger partial charge in [-0.15, -0.1) is 11.3 Å². The normalized spacial score (nSPS) is 15.4. The summed E-state index contributed by atoms with van der Waals surface area (Å²) >= 11 is 1.61. The number of halogens is 1. The average molecular weight is 233 g/mol. The number of hydrogen-bond donors (Lipinski definition) is 0. The monoisotopic (exact) mass is 233 g/mol. The molecule has 1 aliphatic carbocycles. The maximum Gasteiger partial charge on any atom is 0.126 e. The molecule has 3 heteroatoms. The molecule has 82 valence electrons. The molecule has 0 N–H and O–H groups in total. The Morgan fingerprint density at radius 1 is 1.38 bits per heavy atom. The van der Waals surface area contributed by atoms with Crippen LogP contribution in [0.15, 0.2) is 23.6 Å². The lowest BCUT2D eigenvalue weighted by atomic mass is 10.1. The highest BCUT2D eigenvalue weighted by Gasteiger charge is 2.26. The van der Waals surface area contributed by atoms with E-state index in [1.807, 2.05) is 12.1 Å². The molecule has 1 nitrogen and oxygen atoms in total. The van der Waals surface area contributed by atoms with Gasteiger partial charge >= 0.3 is 0 Å². The van der Waals surface area contributed by atoms with Crippen molar-refractivity contribution < 1.29 is 4.39 Å². The van der Waals surface area contributed by atoms with Gasteiger partial charge in [0.2, 0.25) is 0 Å². The van der Waals surface area contributed by atoms with Crippen LogP contribution in [-0.4, -0.2) is 4.98 Å². The van der Waals surface area contributed by atoms with Gasteiger partial charge in [0.1, 0.15) is 10.8 Å². The molecule has 0 atom stereocenters. The van der Waals surface area contributed by atoms with Gasteiger partial charge in [0.05, 0.1) is 5.69 Å². The Morgan fingerprint density at radius 2 is 2.19 bits per heavy atom. The molecule has 2 aromatic rings. The van der Waals surface area contributed by atoms with Crippen molar-refractivity contribution in [3.8, 4) is 10.6 Å². The number of rotatable bonds is 2. The third-order valence-electron chi connectivity index (χ3n) is 2.94. The molecule has 0 saturated heterocycles. The Bertz CT molecular complexity index is 528. The zero-order valence-electron chi connectivity index (χ0n) is 9.03. The maximum absolute atomic E-state index is 13.4. The van der Waals surface area contributed by atoms with Crippen molar-refractivity contribution in [2.24, 2.45) is 0 Å². The number of thiazole rings is 1. The summed E-state index contributed by atoms with van der Waals surface area (Å²) in [6, 6.07) is 5.32. The van der Waals surface area contributed by atoms with E-state index in [4.69, 9.17) is 0 Å². The van der Waals surface area contributed by atoms with Crippen molar-refractivity contribution in [3.63, 3.8) is 0 Å². The van der Waals surface area contributed by atoms with Crippen LogP contribution >= 0.6 is 11.3 Å². The predicted molar refractivity (Wildman–Crippen MR) is 64.2 cm³/mol. The van der Waals surface area contributed by atoms with Gasteiger partial charge in [0, 0.05) is 16.9 Å². The number of nitrogens with zero attached hydrogens (tertiary/aromatic N) is 1. The van der Waals surface area contributed by atoms with Gasteiger partial charge < -0.3 is 0 Å². The molecular formula is C13H12FNS. The van der Waals surface area contributed by atoms with E-state index in [2.05, 4.69) is 10.4 Å². The minimum Gasteiger partial charge on any atom is -0.241 e. The van der Waals surface area contributed by atoms with Crippen LogP contribution in [0.25, 0.3) is 10.6 Å². The fourth-order valence-electron chi connectivity index (χ4n) is 1.71. The number of benzene rings is 1. The molecule has 1 aromatic heterocycles. The second-order valence-electron chi connectivity index (χ2n) is 4.32. The van der Waals surface area contributed by atoms with Crippen molar-refractivity contribution in [1.29, 1.82) is 0 Å². The van der Waals surface area contributed by atoms with Crippen molar-refractivity contribution in [1.82, 2.24) is 4.98 Å². The number of hydrogen-bond acceptors (Lipinski definition) is 2. The first-order valence-electron chi connectivity index (χ1n) is 5.46. The first kappa shape index (κ1) is 9.97. The zero-order valence-corrected chi connectivity index (χ0v) is 9.85. The molecule has 1 saturated carbocycles. The van der Waals surface area contributed by atoms with Gasteiger partial charge in [0.15, 0.2) is 0 Å². The summed E-state index contributed by atoms with van der Waals surface area (Å²) in [5.41, 5.74) is 2.75. The topological polar surface area (TPSA) is 12.9 Å². The largest absolute Gasteiger partial charge is 0.241 e. The first-order valence-corrected chi connectivity index (χ1v) is 6.34. The minimum atomic E-state index is -0.152. The summed E-state index contributed by atoms with van der Waals surface area (Å²) in [5.74, 6) is 0.515. The van der Waals surface area contributed by atoms with Gasteiger partial charge in [-0.3, -0.25) is 0 Å². The SMILES string of the molecule is Cc1ccc(-c2nc(C3CC3)cs2)cc1F. The number of aryl methyl sites for hydroxylation is 1. The lowest BCUT2D eigenvalue weighted by Crippen LogP contribution is -1.84. The van der Waals surface area contributed by atoms with E-state index in [9.17, 15) is 4.39 Å². The summed E-state index contributed by atoms with van der Waals surface area (Å²) in [4.78, 5) is 4.57. The first-order chi connectivity index (χ1) is 7.74. The summed E-state index contributed by atoms with van der Waals surface area (Å²) in [6.07, 6.45) is 2.51. The molecule has 0 unspecified atom stereocenters. The molecule has 1 aromatic carbocycles. The van der Waals surface area contributed by atoms with Crippen LogP contribution in [0.1, 0.15) is 30.0 Å². The van der Waals surface area contributed by atoms with Crippen LogP contribution in [0.2, 0.25) is 0 Å². The highest BCUT2D eigenvalue weighted by atomic mass is 32.1. The highest BCUT2D eigenvalue weighted by molar-refractivity contribution is 7.13. The van der Waals surface area contributed by atoms with Gasteiger partial charge in [0.25, 0.3) is 0 Å². The molecule has 0 aliphatic heterocycles. The van der Waals surface area contributed by atoms with Crippen LogP contribution < -0.4 is 0 Å². The van der Waals surface area contributed by atoms with E-state index in [0.29, 0.717) is 11.5 Å². The fourth-order valence-corrected chi connectivity index (χ4v) is 2.61. The van der Waals surface area contributed by atoms with Crippen LogP contribution in [0.4, 0.5) is 4.39 Å². The summed E-state index contributed by atoms with van der Waals surface area (Å²) in [6.45, 7) is 1.77. The Hall–Kier alpha value is -1.22. The van der Waals surface area contributed by atoms with Gasteiger partial charge in [-0.05, 0) is 31.4 Å². The second-order valence-corrected chi connectivity index (χ2v) is 5.17. The van der Waals surface area contributed by atoms with E-state index in [-0.39, 0.29) is 5.82 Å². The minimum absolute atomic E-state index is 0.152. The van der Waals surface area contributed by atoms with Crippen molar-refractivity contribution in [3.05, 3.63) is 40.7 Å². The Morgan fingerprint density at radius 3 is 2.88 bits per heavy atom. The quantitative estimate of drug-likeness (QED) is 0.759. The Labute approximate surface area is 98.0 Å². The second kappa shape index (κ2) is 3.67. The standard InChI is InChI=1S/C13H12FNS/c1-8-2-3-10(6-11(8)14)13-15-12(7-16-13)9-4-5-9/h2-3,6-7,9H,4-5H2,1H3. The molecule has 0 bridgehead atoms. The van der Waals surface area contributed by atoms with E-state index < -0.39 is 0 Å². The van der Waals surface area contributed by atoms with Crippen LogP contribution in [0, 0.1) is 12.7 Å². The zero-order chi connectivity index (χ0) is 11.1. The van der Waals surface area contributed by atoms with E-state index in [1.165, 1.54) is 18.5 Å². The molecule has 0 amide bonds. The van der Waals surface area contributed by atoms with Crippen LogP contribution in [0.3, 0.4) is 0 Å². The molecule has 16 heavy (non-hydrogen) atoms. The van der Waals surface area contributed by atoms with Gasteiger partial charge in [-0.1, -0.05) is 12.1 Å². The summed E-state index contributed by atoms with van der Waals surface area (Å²) in [7, 11) is 0. The average Bonchev–Trinajstić information content (AvgIpc) is 3.01. The van der Waals surface area contributed by atoms with Crippen molar-refractivity contribution in [2.75, 3.05) is 0 Å². The van der Waals surface area contributed by atoms with Gasteiger partial charge in [-0.25, -0.2) is 9.37 Å². The molecular weight excluding hydrogens is 221 g/mol. The summed E-state index contributed by atoms with van der Waals surface area (Å²) < 4.78 is 13.4. The van der Waals surface area contributed by atoms with Crippen LogP contribution in [0.5, 0.6) is 0 Å². The van der Waals surface area contributed by atoms with Crippen LogP contribution in [-0.2, 0) is 0 Å². The predicted octanol–water partition coefficient (Wildman–Crippen LogP) is 4.14. The molecule has 0 radical (unpaired) electrons. The third kappa shape index (κ3) is 1.76. The summed E-state index contributed by atoms with van der Waals surface area (Å²) in [5, 5.41) is 3.03.